The van der Waals surface area contributed by atoms with Gasteiger partial charge in [0.05, 0.1) is 5.92 Å². The van der Waals surface area contributed by atoms with Crippen molar-refractivity contribution in [1.82, 2.24) is 10.2 Å². The molecule has 1 N–H and O–H groups in total. The van der Waals surface area contributed by atoms with E-state index in [1.54, 1.807) is 0 Å². The Morgan fingerprint density at radius 3 is 2.71 bits per heavy atom. The monoisotopic (exact) mass is 196 g/mol. The van der Waals surface area contributed by atoms with Crippen molar-refractivity contribution in [3.05, 3.63) is 0 Å². The number of rotatable bonds is 3. The molecule has 1 saturated heterocycles. The van der Waals surface area contributed by atoms with Crippen LogP contribution in [-0.4, -0.2) is 36.5 Å². The van der Waals surface area contributed by atoms with Gasteiger partial charge in [-0.15, -0.1) is 0 Å². The first-order chi connectivity index (χ1) is 6.83. The maximum Gasteiger partial charge on any atom is 0.227 e. The topological polar surface area (TPSA) is 32.3 Å². The number of nitrogens with zero attached hydrogens (tertiary/aromatic N) is 1. The van der Waals surface area contributed by atoms with Crippen LogP contribution in [0, 0.1) is 5.92 Å². The summed E-state index contributed by atoms with van der Waals surface area (Å²) in [6, 6.07) is 0.578. The fourth-order valence-corrected chi connectivity index (χ4v) is 2.28. The van der Waals surface area contributed by atoms with Gasteiger partial charge >= 0.3 is 0 Å². The first kappa shape index (κ1) is 9.97. The van der Waals surface area contributed by atoms with E-state index in [1.165, 1.54) is 12.8 Å². The normalized spacial score (nSPS) is 27.4. The molecule has 1 atom stereocenters. The molecule has 80 valence electrons. The minimum Gasteiger partial charge on any atom is -0.340 e. The van der Waals surface area contributed by atoms with E-state index in [0.717, 1.165) is 32.5 Å². The number of carbonyl (C=O) groups excluding carboxylic acids is 1. The van der Waals surface area contributed by atoms with E-state index < -0.39 is 0 Å². The Labute approximate surface area is 85.8 Å². The molecule has 1 saturated carbocycles. The molecule has 3 nitrogen and oxygen atoms in total. The van der Waals surface area contributed by atoms with Crippen LogP contribution in [0.5, 0.6) is 0 Å². The lowest BCUT2D eigenvalue weighted by Crippen LogP contribution is -2.43. The largest absolute Gasteiger partial charge is 0.340 e. The van der Waals surface area contributed by atoms with Crippen molar-refractivity contribution in [3.63, 3.8) is 0 Å². The second kappa shape index (κ2) is 4.30. The van der Waals surface area contributed by atoms with Crippen molar-refractivity contribution in [2.75, 3.05) is 19.6 Å². The molecular formula is C11H20N2O. The van der Waals surface area contributed by atoms with Crippen molar-refractivity contribution < 1.29 is 4.79 Å². The van der Waals surface area contributed by atoms with Crippen LogP contribution in [0.3, 0.4) is 0 Å². The number of hydrogen-bond acceptors (Lipinski definition) is 2. The standard InChI is InChI=1S/C11H20N2O/c1-2-13(10-5-6-10)11(14)9-4-3-7-12-8-9/h9-10,12H,2-8H2,1H3. The summed E-state index contributed by atoms with van der Waals surface area (Å²) in [6.07, 6.45) is 4.67. The van der Waals surface area contributed by atoms with Crippen LogP contribution >= 0.6 is 0 Å². The highest BCUT2D eigenvalue weighted by Gasteiger charge is 2.34. The first-order valence-electron chi connectivity index (χ1n) is 5.84. The summed E-state index contributed by atoms with van der Waals surface area (Å²) in [5, 5.41) is 3.31. The lowest BCUT2D eigenvalue weighted by Gasteiger charge is -2.28. The van der Waals surface area contributed by atoms with E-state index >= 15 is 0 Å². The number of amides is 1. The molecule has 0 aromatic rings. The van der Waals surface area contributed by atoms with Gasteiger partial charge in [-0.05, 0) is 39.2 Å². The average molecular weight is 196 g/mol. The van der Waals surface area contributed by atoms with Crippen molar-refractivity contribution in [2.45, 2.75) is 38.6 Å². The van der Waals surface area contributed by atoms with Gasteiger partial charge in [0.1, 0.15) is 0 Å². The first-order valence-corrected chi connectivity index (χ1v) is 5.84. The predicted molar refractivity (Wildman–Crippen MR) is 56.0 cm³/mol. The van der Waals surface area contributed by atoms with Gasteiger partial charge < -0.3 is 10.2 Å². The lowest BCUT2D eigenvalue weighted by atomic mass is 9.98. The molecule has 1 unspecified atom stereocenters. The Kier molecular flexibility index (Phi) is 3.06. The number of nitrogens with one attached hydrogen (secondary N) is 1. The molecule has 0 bridgehead atoms. The van der Waals surface area contributed by atoms with E-state index in [-0.39, 0.29) is 5.92 Å². The summed E-state index contributed by atoms with van der Waals surface area (Å²) in [7, 11) is 0. The summed E-state index contributed by atoms with van der Waals surface area (Å²) < 4.78 is 0. The molecule has 2 aliphatic rings. The number of carbonyl (C=O) groups is 1. The fourth-order valence-electron chi connectivity index (χ4n) is 2.28. The van der Waals surface area contributed by atoms with E-state index in [4.69, 9.17) is 0 Å². The number of piperidine rings is 1. The zero-order chi connectivity index (χ0) is 9.97. The van der Waals surface area contributed by atoms with Crippen LogP contribution in [0.1, 0.15) is 32.6 Å². The quantitative estimate of drug-likeness (QED) is 0.730. The third-order valence-corrected chi connectivity index (χ3v) is 3.26. The van der Waals surface area contributed by atoms with Gasteiger partial charge in [-0.1, -0.05) is 0 Å². The smallest absolute Gasteiger partial charge is 0.227 e. The third kappa shape index (κ3) is 2.08. The van der Waals surface area contributed by atoms with Crippen LogP contribution in [0.2, 0.25) is 0 Å². The van der Waals surface area contributed by atoms with Gasteiger partial charge in [-0.3, -0.25) is 4.79 Å². The molecule has 1 heterocycles. The molecule has 0 radical (unpaired) electrons. The third-order valence-electron chi connectivity index (χ3n) is 3.26. The Morgan fingerprint density at radius 2 is 2.21 bits per heavy atom. The molecule has 1 amide bonds. The summed E-state index contributed by atoms with van der Waals surface area (Å²) in [6.45, 7) is 4.95. The van der Waals surface area contributed by atoms with Crippen LogP contribution in [0.25, 0.3) is 0 Å². The molecule has 14 heavy (non-hydrogen) atoms. The van der Waals surface area contributed by atoms with E-state index in [2.05, 4.69) is 17.1 Å². The molecule has 0 aromatic carbocycles. The van der Waals surface area contributed by atoms with Crippen molar-refractivity contribution in [2.24, 2.45) is 5.92 Å². The Bertz CT molecular complexity index is 207. The van der Waals surface area contributed by atoms with Gasteiger partial charge in [0.2, 0.25) is 5.91 Å². The van der Waals surface area contributed by atoms with Crippen LogP contribution in [0.4, 0.5) is 0 Å². The summed E-state index contributed by atoms with van der Waals surface area (Å²) in [5.74, 6) is 0.645. The number of hydrogen-bond donors (Lipinski definition) is 1. The Hall–Kier alpha value is -0.570. The second-order valence-electron chi connectivity index (χ2n) is 4.40. The maximum atomic E-state index is 12.1. The molecular weight excluding hydrogens is 176 g/mol. The SMILES string of the molecule is CCN(C(=O)C1CCCNC1)C1CC1. The van der Waals surface area contributed by atoms with Gasteiger partial charge in [-0.2, -0.15) is 0 Å². The minimum absolute atomic E-state index is 0.254. The highest BCUT2D eigenvalue weighted by atomic mass is 16.2. The molecule has 2 rings (SSSR count). The van der Waals surface area contributed by atoms with Gasteiger partial charge in [0.25, 0.3) is 0 Å². The minimum atomic E-state index is 0.254. The fraction of sp³-hybridized carbons (Fsp3) is 0.909. The molecule has 2 fully saturated rings. The highest BCUT2D eigenvalue weighted by Crippen LogP contribution is 2.28. The zero-order valence-electron chi connectivity index (χ0n) is 8.96. The molecule has 1 aliphatic heterocycles. The van der Waals surface area contributed by atoms with Crippen molar-refractivity contribution in [3.8, 4) is 0 Å². The van der Waals surface area contributed by atoms with Gasteiger partial charge in [-0.25, -0.2) is 0 Å². The second-order valence-corrected chi connectivity index (χ2v) is 4.40. The van der Waals surface area contributed by atoms with Gasteiger partial charge in [0.15, 0.2) is 0 Å². The van der Waals surface area contributed by atoms with E-state index in [1.807, 2.05) is 0 Å². The van der Waals surface area contributed by atoms with Crippen molar-refractivity contribution in [1.29, 1.82) is 0 Å². The van der Waals surface area contributed by atoms with Crippen LogP contribution < -0.4 is 5.32 Å². The van der Waals surface area contributed by atoms with E-state index in [9.17, 15) is 4.79 Å². The lowest BCUT2D eigenvalue weighted by molar-refractivity contribution is -0.136. The molecule has 3 heteroatoms. The average Bonchev–Trinajstić information content (AvgIpc) is 3.04. The van der Waals surface area contributed by atoms with Crippen LogP contribution in [-0.2, 0) is 4.79 Å². The zero-order valence-corrected chi connectivity index (χ0v) is 8.96. The molecule has 0 aromatic heterocycles. The van der Waals surface area contributed by atoms with Crippen LogP contribution in [0.15, 0.2) is 0 Å². The summed E-state index contributed by atoms with van der Waals surface area (Å²) >= 11 is 0. The predicted octanol–water partition coefficient (Wildman–Crippen LogP) is 0.997. The summed E-state index contributed by atoms with van der Waals surface area (Å²) in [4.78, 5) is 14.2. The van der Waals surface area contributed by atoms with Crippen molar-refractivity contribution >= 4 is 5.91 Å². The summed E-state index contributed by atoms with van der Waals surface area (Å²) in [5.41, 5.74) is 0. The Morgan fingerprint density at radius 1 is 1.43 bits per heavy atom. The maximum absolute atomic E-state index is 12.1. The van der Waals surface area contributed by atoms with E-state index in [0.29, 0.717) is 11.9 Å². The van der Waals surface area contributed by atoms with Gasteiger partial charge in [0, 0.05) is 19.1 Å². The highest BCUT2D eigenvalue weighted by molar-refractivity contribution is 5.79. The molecule has 1 aliphatic carbocycles. The molecule has 0 spiro atoms. The Balaban J connectivity index is 1.90.